The summed E-state index contributed by atoms with van der Waals surface area (Å²) in [4.78, 5) is 50.0. The van der Waals surface area contributed by atoms with E-state index in [4.69, 9.17) is 18.9 Å². The van der Waals surface area contributed by atoms with Gasteiger partial charge in [-0.1, -0.05) is 45.9 Å². The number of allylic oxidation sites excluding steroid dienone is 2. The monoisotopic (exact) mass is 548 g/mol. The average molecular weight is 549 g/mol. The first-order chi connectivity index (χ1) is 18.3. The zero-order chi connectivity index (χ0) is 28.9. The van der Waals surface area contributed by atoms with Crippen molar-refractivity contribution < 1.29 is 43.2 Å². The van der Waals surface area contributed by atoms with Gasteiger partial charge in [0.2, 0.25) is 0 Å². The second-order valence-electron chi connectivity index (χ2n) is 12.3. The summed E-state index contributed by atoms with van der Waals surface area (Å²) >= 11 is 0. The molecule has 9 heteroatoms. The van der Waals surface area contributed by atoms with Gasteiger partial charge in [0.15, 0.2) is 0 Å². The van der Waals surface area contributed by atoms with E-state index in [-0.39, 0.29) is 55.2 Å². The average Bonchev–Trinajstić information content (AvgIpc) is 2.86. The maximum Gasteiger partial charge on any atom is 0.516 e. The molecule has 1 saturated heterocycles. The van der Waals surface area contributed by atoms with Crippen LogP contribution in [0.5, 0.6) is 0 Å². The number of fused-ring (bicyclic) bond motifs is 1. The van der Waals surface area contributed by atoms with Crippen LogP contribution in [-0.4, -0.2) is 54.1 Å². The van der Waals surface area contributed by atoms with Crippen LogP contribution in [0.1, 0.15) is 80.1 Å². The molecule has 7 atom stereocenters. The molecule has 0 saturated carbocycles. The van der Waals surface area contributed by atoms with Crippen LogP contribution in [0.2, 0.25) is 0 Å². The fourth-order valence-electron chi connectivity index (χ4n) is 5.45. The van der Waals surface area contributed by atoms with E-state index < -0.39 is 41.6 Å². The number of carbonyl (C=O) groups excluding carboxylic acids is 4. The van der Waals surface area contributed by atoms with Crippen LogP contribution in [-0.2, 0) is 33.3 Å². The van der Waals surface area contributed by atoms with Crippen LogP contribution in [0.15, 0.2) is 23.8 Å². The molecule has 0 radical (unpaired) electrons. The molecule has 0 aromatic carbocycles. The lowest BCUT2D eigenvalue weighted by Crippen LogP contribution is -2.44. The highest BCUT2D eigenvalue weighted by molar-refractivity contribution is 5.85. The Labute approximate surface area is 231 Å². The van der Waals surface area contributed by atoms with Gasteiger partial charge in [-0.2, -0.15) is 0 Å². The van der Waals surface area contributed by atoms with E-state index in [1.54, 1.807) is 6.08 Å². The third kappa shape index (κ3) is 8.16. The van der Waals surface area contributed by atoms with E-state index in [1.165, 1.54) is 0 Å². The minimum atomic E-state index is -1.04. The van der Waals surface area contributed by atoms with Gasteiger partial charge >= 0.3 is 24.1 Å². The highest BCUT2D eigenvalue weighted by Gasteiger charge is 2.45. The van der Waals surface area contributed by atoms with Crippen molar-refractivity contribution in [2.75, 3.05) is 6.61 Å². The number of hydrogen-bond acceptors (Lipinski definition) is 9. The number of rotatable bonds is 9. The molecule has 0 amide bonds. The van der Waals surface area contributed by atoms with E-state index in [9.17, 15) is 24.3 Å². The van der Waals surface area contributed by atoms with E-state index in [0.29, 0.717) is 25.7 Å². The van der Waals surface area contributed by atoms with Crippen molar-refractivity contribution in [3.05, 3.63) is 23.8 Å². The van der Waals surface area contributed by atoms with E-state index >= 15 is 0 Å². The van der Waals surface area contributed by atoms with Gasteiger partial charge in [-0.05, 0) is 56.4 Å². The first-order valence-electron chi connectivity index (χ1n) is 14.2. The number of esters is 3. The summed E-state index contributed by atoms with van der Waals surface area (Å²) in [7, 11) is 0. The number of cyclic esters (lactones) is 1. The number of aliphatic hydroxyl groups is 1. The van der Waals surface area contributed by atoms with Gasteiger partial charge in [0.25, 0.3) is 0 Å². The van der Waals surface area contributed by atoms with E-state index in [1.807, 2.05) is 40.7 Å². The van der Waals surface area contributed by atoms with Crippen LogP contribution >= 0.6 is 0 Å². The highest BCUT2D eigenvalue weighted by Crippen LogP contribution is 2.46. The predicted molar refractivity (Wildman–Crippen MR) is 142 cm³/mol. The van der Waals surface area contributed by atoms with Crippen molar-refractivity contribution in [2.24, 2.45) is 35.0 Å². The molecule has 3 rings (SSSR count). The maximum atomic E-state index is 13.2. The lowest BCUT2D eigenvalue weighted by atomic mass is 9.65. The molecule has 0 aromatic heterocycles. The second-order valence-corrected chi connectivity index (χ2v) is 12.3. The van der Waals surface area contributed by atoms with Crippen molar-refractivity contribution in [3.8, 4) is 0 Å². The Bertz CT molecular complexity index is 979. The van der Waals surface area contributed by atoms with Crippen LogP contribution in [0.4, 0.5) is 4.79 Å². The van der Waals surface area contributed by atoms with Crippen molar-refractivity contribution in [3.63, 3.8) is 0 Å². The lowest BCUT2D eigenvalue weighted by molar-refractivity contribution is -0.167. The summed E-state index contributed by atoms with van der Waals surface area (Å²) in [5.41, 5.74) is 0.158. The van der Waals surface area contributed by atoms with Gasteiger partial charge in [-0.25, -0.2) is 4.79 Å². The van der Waals surface area contributed by atoms with Crippen molar-refractivity contribution in [2.45, 2.75) is 98.4 Å². The highest BCUT2D eigenvalue weighted by atomic mass is 16.7. The predicted octanol–water partition coefficient (Wildman–Crippen LogP) is 4.90. The molecule has 0 spiro atoms. The normalized spacial score (nSPS) is 30.6. The van der Waals surface area contributed by atoms with Crippen LogP contribution < -0.4 is 0 Å². The lowest BCUT2D eigenvalue weighted by Gasteiger charge is -2.44. The number of carbonyl (C=O) groups is 4. The zero-order valence-electron chi connectivity index (χ0n) is 24.0. The first kappa shape index (κ1) is 30.9. The molecular weight excluding hydrogens is 504 g/mol. The molecule has 0 aromatic rings. The molecular formula is C30H44O9. The fraction of sp³-hybridized carbons (Fsp3) is 0.733. The maximum absolute atomic E-state index is 13.2. The molecule has 0 bridgehead atoms. The van der Waals surface area contributed by atoms with Crippen molar-refractivity contribution in [1.82, 2.24) is 0 Å². The topological polar surface area (TPSA) is 125 Å². The quantitative estimate of drug-likeness (QED) is 0.243. The molecule has 1 aliphatic heterocycles. The Hall–Kier alpha value is -2.68. The summed E-state index contributed by atoms with van der Waals surface area (Å²) in [6.45, 7) is 11.6. The summed E-state index contributed by atoms with van der Waals surface area (Å²) in [6, 6.07) is 0. The Kier molecular flexibility index (Phi) is 10.4. The van der Waals surface area contributed by atoms with Crippen LogP contribution in [0, 0.1) is 35.0 Å². The van der Waals surface area contributed by atoms with Gasteiger partial charge in [0.1, 0.15) is 12.2 Å². The second kappa shape index (κ2) is 13.1. The number of ether oxygens (including phenoxy) is 4. The third-order valence-corrected chi connectivity index (χ3v) is 8.17. The first-order valence-corrected chi connectivity index (χ1v) is 14.2. The standard InChI is InChI=1S/C30H44O9/c1-7-30(5,6)28(34)38-24-13-20(27(33)39-29(35)36-16-17(2)3)12-19-9-8-18(4)23(26(19)24)11-10-22-14-21(31)15-25(32)37-22/h8-9,12,17-18,20-24,26,31H,7,10-11,13-16H2,1-6H3/t18-,20+,21+,22+,23-,24-,26-/m0/s1. The largest absolute Gasteiger partial charge is 0.516 e. The minimum absolute atomic E-state index is 0.0162. The van der Waals surface area contributed by atoms with Crippen LogP contribution in [0.25, 0.3) is 0 Å². The summed E-state index contributed by atoms with van der Waals surface area (Å²) in [5.74, 6) is -2.14. The molecule has 1 N–H and O–H groups in total. The molecule has 39 heavy (non-hydrogen) atoms. The Morgan fingerprint density at radius 3 is 2.54 bits per heavy atom. The number of hydrogen-bond donors (Lipinski definition) is 1. The van der Waals surface area contributed by atoms with E-state index in [0.717, 1.165) is 5.57 Å². The zero-order valence-corrected chi connectivity index (χ0v) is 24.0. The molecule has 1 fully saturated rings. The van der Waals surface area contributed by atoms with Crippen LogP contribution in [0.3, 0.4) is 0 Å². The van der Waals surface area contributed by atoms with Crippen molar-refractivity contribution in [1.29, 1.82) is 0 Å². The molecule has 218 valence electrons. The third-order valence-electron chi connectivity index (χ3n) is 8.17. The summed E-state index contributed by atoms with van der Waals surface area (Å²) < 4.78 is 21.6. The minimum Gasteiger partial charge on any atom is -0.462 e. The molecule has 9 nitrogen and oxygen atoms in total. The molecule has 3 aliphatic rings. The number of aliphatic hydroxyl groups excluding tert-OH is 1. The molecule has 1 heterocycles. The summed E-state index contributed by atoms with van der Waals surface area (Å²) in [5, 5.41) is 10.0. The summed E-state index contributed by atoms with van der Waals surface area (Å²) in [6.07, 6.45) is 5.56. The Morgan fingerprint density at radius 1 is 1.18 bits per heavy atom. The smallest absolute Gasteiger partial charge is 0.462 e. The SMILES string of the molecule is CCC(C)(C)C(=O)O[C@H]1C[C@H](C(=O)OC(=O)OCC(C)C)C=C2C=C[C@H](C)[C@H](CC[C@@H]3C[C@@H](O)CC(=O)O3)[C@H]21. The Balaban J connectivity index is 1.83. The molecule has 2 aliphatic carbocycles. The molecule has 0 unspecified atom stereocenters. The Morgan fingerprint density at radius 2 is 1.90 bits per heavy atom. The van der Waals surface area contributed by atoms with Gasteiger partial charge in [0.05, 0.1) is 30.5 Å². The van der Waals surface area contributed by atoms with Gasteiger partial charge < -0.3 is 24.1 Å². The van der Waals surface area contributed by atoms with Gasteiger partial charge in [-0.15, -0.1) is 0 Å². The van der Waals surface area contributed by atoms with Gasteiger partial charge in [0, 0.05) is 18.8 Å². The van der Waals surface area contributed by atoms with Gasteiger partial charge in [-0.3, -0.25) is 14.4 Å². The van der Waals surface area contributed by atoms with E-state index in [2.05, 4.69) is 13.0 Å². The van der Waals surface area contributed by atoms with Crippen molar-refractivity contribution >= 4 is 24.1 Å². The fourth-order valence-corrected chi connectivity index (χ4v) is 5.45.